The second-order valence-electron chi connectivity index (χ2n) is 15.4. The van der Waals surface area contributed by atoms with E-state index in [1.54, 1.807) is 6.92 Å². The molecular formula is C48H70N2O6. The van der Waals surface area contributed by atoms with Gasteiger partial charge in [-0.05, 0) is 143 Å². The fraction of sp³-hybridized carbons (Fsp3) is 0.583. The maximum absolute atomic E-state index is 11.5. The van der Waals surface area contributed by atoms with Gasteiger partial charge in [-0.25, -0.2) is 4.79 Å². The molecular weight excluding hydrogens is 701 g/mol. The van der Waals surface area contributed by atoms with E-state index in [9.17, 15) is 9.59 Å². The predicted octanol–water partition coefficient (Wildman–Crippen LogP) is 10.2. The molecule has 1 N–H and O–H groups in total. The van der Waals surface area contributed by atoms with Crippen molar-refractivity contribution < 1.29 is 28.5 Å². The lowest BCUT2D eigenvalue weighted by Crippen LogP contribution is -2.31. The number of nitrogens with zero attached hydrogens (tertiary/aromatic N) is 1. The van der Waals surface area contributed by atoms with E-state index in [4.69, 9.17) is 14.2 Å². The maximum Gasteiger partial charge on any atom is 0.330 e. The monoisotopic (exact) mass is 771 g/mol. The lowest BCUT2D eigenvalue weighted by molar-refractivity contribution is -0.143. The number of hydrogen-bond donors (Lipinski definition) is 1. The van der Waals surface area contributed by atoms with Crippen molar-refractivity contribution in [2.75, 3.05) is 45.9 Å². The molecule has 2 fully saturated rings. The normalized spacial score (nSPS) is 22.4. The largest absolute Gasteiger partial charge is 0.490 e. The molecule has 6 rings (SSSR count). The molecule has 0 atom stereocenters. The van der Waals surface area contributed by atoms with E-state index in [-0.39, 0.29) is 11.9 Å². The highest BCUT2D eigenvalue weighted by molar-refractivity contribution is 5.81. The Kier molecular flexibility index (Phi) is 20.3. The lowest BCUT2D eigenvalue weighted by atomic mass is 9.86. The van der Waals surface area contributed by atoms with Gasteiger partial charge in [0.15, 0.2) is 0 Å². The Bertz CT molecular complexity index is 1500. The average Bonchev–Trinajstić information content (AvgIpc) is 3.25. The standard InChI is InChI=1S/C24H35NO3.C19H27NO.C5H8O2/c1-3-19-5-9-22(10-6-19)28-23-11-7-20(8-12-23)21-13-16-25(17-14-21)18-15-24(26)27-4-2;1-2-15-3-7-18(8-4-15)21-19-9-5-16(6-10-19)17-11-13-20-14-12-17;1-3-5(6)7-4-2/h7-8,11-13,19,22H,3-6,9-10,14-18H2,1-2H3;5-6,9-11,15,18,20H,2-4,7-8,12-14H2,1H3;3H,1,4H2,2H3. The fourth-order valence-electron chi connectivity index (χ4n) is 7.94. The van der Waals surface area contributed by atoms with E-state index < -0.39 is 0 Å². The number of hydrogen-bond acceptors (Lipinski definition) is 8. The maximum atomic E-state index is 11.5. The summed E-state index contributed by atoms with van der Waals surface area (Å²) in [7, 11) is 0. The summed E-state index contributed by atoms with van der Waals surface area (Å²) in [6.45, 7) is 17.0. The molecule has 2 aromatic rings. The molecule has 2 aromatic carbocycles. The van der Waals surface area contributed by atoms with E-state index in [0.717, 1.165) is 75.0 Å². The van der Waals surface area contributed by atoms with Crippen molar-refractivity contribution >= 4 is 23.1 Å². The van der Waals surface area contributed by atoms with Crippen LogP contribution in [0.5, 0.6) is 11.5 Å². The van der Waals surface area contributed by atoms with Gasteiger partial charge in [0.2, 0.25) is 0 Å². The first-order chi connectivity index (χ1) is 27.3. The first-order valence-corrected chi connectivity index (χ1v) is 21.6. The van der Waals surface area contributed by atoms with Gasteiger partial charge in [-0.3, -0.25) is 9.69 Å². The van der Waals surface area contributed by atoms with E-state index >= 15 is 0 Å². The third-order valence-electron chi connectivity index (χ3n) is 11.5. The number of ether oxygens (including phenoxy) is 4. The number of benzene rings is 2. The summed E-state index contributed by atoms with van der Waals surface area (Å²) in [4.78, 5) is 23.9. The average molecular weight is 771 g/mol. The summed E-state index contributed by atoms with van der Waals surface area (Å²) >= 11 is 0. The second-order valence-corrected chi connectivity index (χ2v) is 15.4. The van der Waals surface area contributed by atoms with Gasteiger partial charge in [-0.2, -0.15) is 0 Å². The van der Waals surface area contributed by atoms with Gasteiger partial charge in [0.25, 0.3) is 0 Å². The molecule has 0 spiro atoms. The van der Waals surface area contributed by atoms with Crippen LogP contribution in [0.3, 0.4) is 0 Å². The van der Waals surface area contributed by atoms with E-state index in [1.165, 1.54) is 86.5 Å². The van der Waals surface area contributed by atoms with Crippen LogP contribution in [0.15, 0.2) is 73.3 Å². The van der Waals surface area contributed by atoms with Crippen molar-refractivity contribution in [3.8, 4) is 11.5 Å². The van der Waals surface area contributed by atoms with Crippen LogP contribution in [0.2, 0.25) is 0 Å². The van der Waals surface area contributed by atoms with Gasteiger partial charge in [0, 0.05) is 32.3 Å². The Morgan fingerprint density at radius 1 is 0.714 bits per heavy atom. The molecule has 8 heteroatoms. The van der Waals surface area contributed by atoms with Gasteiger partial charge < -0.3 is 24.3 Å². The van der Waals surface area contributed by atoms with Crippen LogP contribution in [0.1, 0.15) is 122 Å². The minimum atomic E-state index is -0.359. The van der Waals surface area contributed by atoms with Gasteiger partial charge in [-0.15, -0.1) is 0 Å². The van der Waals surface area contributed by atoms with Crippen molar-refractivity contribution in [2.24, 2.45) is 11.8 Å². The summed E-state index contributed by atoms with van der Waals surface area (Å²) in [5.74, 6) is 3.40. The molecule has 308 valence electrons. The van der Waals surface area contributed by atoms with Gasteiger partial charge in [0.1, 0.15) is 11.5 Å². The van der Waals surface area contributed by atoms with Crippen molar-refractivity contribution in [2.45, 2.75) is 123 Å². The first-order valence-electron chi connectivity index (χ1n) is 21.6. The van der Waals surface area contributed by atoms with E-state index in [2.05, 4.69) is 96.1 Å². The topological polar surface area (TPSA) is 86.3 Å². The van der Waals surface area contributed by atoms with Crippen LogP contribution < -0.4 is 14.8 Å². The lowest BCUT2D eigenvalue weighted by Gasteiger charge is -2.28. The fourth-order valence-corrected chi connectivity index (χ4v) is 7.94. The smallest absolute Gasteiger partial charge is 0.330 e. The molecule has 4 aliphatic rings. The Balaban J connectivity index is 0.000000218. The zero-order valence-electron chi connectivity index (χ0n) is 34.9. The first kappa shape index (κ1) is 44.8. The van der Waals surface area contributed by atoms with Gasteiger partial charge >= 0.3 is 11.9 Å². The highest BCUT2D eigenvalue weighted by Gasteiger charge is 2.22. The molecule has 0 amide bonds. The number of nitrogens with one attached hydrogen (secondary N) is 1. The third kappa shape index (κ3) is 15.9. The highest BCUT2D eigenvalue weighted by atomic mass is 16.5. The zero-order chi connectivity index (χ0) is 40.0. The van der Waals surface area contributed by atoms with Crippen molar-refractivity contribution in [1.29, 1.82) is 0 Å². The molecule has 0 saturated heterocycles. The summed E-state index contributed by atoms with van der Waals surface area (Å²) in [6.07, 6.45) is 21.9. The quantitative estimate of drug-likeness (QED) is 0.150. The zero-order valence-corrected chi connectivity index (χ0v) is 34.9. The Labute approximate surface area is 338 Å². The SMILES string of the molecule is C=CC(=O)OCC.CCC1CCC(Oc2ccc(C3=CCNCC3)cc2)CC1.CCOC(=O)CCN1CC=C(c2ccc(OC3CCC(CC)CC3)cc2)CC1. The van der Waals surface area contributed by atoms with Gasteiger partial charge in [0.05, 0.1) is 31.8 Å². The molecule has 2 saturated carbocycles. The molecule has 8 nitrogen and oxygen atoms in total. The molecule has 0 bridgehead atoms. The Morgan fingerprint density at radius 3 is 1.62 bits per heavy atom. The van der Waals surface area contributed by atoms with Crippen LogP contribution in [-0.4, -0.2) is 75.0 Å². The highest BCUT2D eigenvalue weighted by Crippen LogP contribution is 2.32. The van der Waals surface area contributed by atoms with E-state index in [0.29, 0.717) is 31.8 Å². The van der Waals surface area contributed by atoms with Crippen LogP contribution in [0, 0.1) is 11.8 Å². The predicted molar refractivity (Wildman–Crippen MR) is 229 cm³/mol. The molecule has 0 aromatic heterocycles. The number of esters is 2. The molecule has 2 aliphatic carbocycles. The molecule has 56 heavy (non-hydrogen) atoms. The number of carbonyl (C=O) groups is 2. The molecule has 2 aliphatic heterocycles. The van der Waals surface area contributed by atoms with Crippen molar-refractivity contribution in [1.82, 2.24) is 10.2 Å². The Morgan fingerprint density at radius 2 is 1.23 bits per heavy atom. The molecule has 2 heterocycles. The van der Waals surface area contributed by atoms with Crippen LogP contribution in [0.4, 0.5) is 0 Å². The summed E-state index contributed by atoms with van der Waals surface area (Å²) in [6, 6.07) is 17.3. The van der Waals surface area contributed by atoms with Crippen molar-refractivity contribution in [3.63, 3.8) is 0 Å². The van der Waals surface area contributed by atoms with Crippen LogP contribution in [-0.2, 0) is 19.1 Å². The summed E-state index contributed by atoms with van der Waals surface area (Å²) < 4.78 is 21.8. The second kappa shape index (κ2) is 25.4. The molecule has 0 unspecified atom stereocenters. The number of rotatable bonds is 14. The third-order valence-corrected chi connectivity index (χ3v) is 11.5. The molecule has 0 radical (unpaired) electrons. The number of carbonyl (C=O) groups excluding carboxylic acids is 2. The minimum absolute atomic E-state index is 0.101. The summed E-state index contributed by atoms with van der Waals surface area (Å²) in [5.41, 5.74) is 5.48. The van der Waals surface area contributed by atoms with Gasteiger partial charge in [-0.1, -0.05) is 69.7 Å². The van der Waals surface area contributed by atoms with Crippen molar-refractivity contribution in [3.05, 3.63) is 84.5 Å². The van der Waals surface area contributed by atoms with Crippen LogP contribution >= 0.6 is 0 Å². The van der Waals surface area contributed by atoms with Crippen LogP contribution in [0.25, 0.3) is 11.1 Å². The minimum Gasteiger partial charge on any atom is -0.490 e. The van der Waals surface area contributed by atoms with E-state index in [1.807, 2.05) is 6.92 Å². The Hall–Kier alpha value is -3.88. The summed E-state index contributed by atoms with van der Waals surface area (Å²) in [5, 5.41) is 3.36.